The van der Waals surface area contributed by atoms with Crippen molar-refractivity contribution < 1.29 is 4.74 Å². The molecule has 4 rings (SSSR count). The summed E-state index contributed by atoms with van der Waals surface area (Å²) in [6.45, 7) is 8.25. The minimum Gasteiger partial charge on any atom is -0.383 e. The van der Waals surface area contributed by atoms with Crippen molar-refractivity contribution in [1.82, 2.24) is 20.2 Å². The monoisotopic (exact) mass is 431 g/mol. The molecule has 0 radical (unpaired) electrons. The molecule has 3 heterocycles. The lowest BCUT2D eigenvalue weighted by Gasteiger charge is -2.36. The van der Waals surface area contributed by atoms with E-state index in [9.17, 15) is 0 Å². The molecule has 1 aromatic heterocycles. The Morgan fingerprint density at radius 3 is 2.43 bits per heavy atom. The molecular weight excluding hydrogens is 397 g/mol. The predicted octanol–water partition coefficient (Wildman–Crippen LogP) is 2.43. The molecule has 0 amide bonds. The topological polar surface area (TPSA) is 53.5 Å². The Morgan fingerprint density at radius 2 is 1.71 bits per heavy atom. The number of nitrogens with one attached hydrogen (secondary N) is 1. The molecule has 160 valence electrons. The summed E-state index contributed by atoms with van der Waals surface area (Å²) < 4.78 is 5.23. The van der Waals surface area contributed by atoms with Crippen LogP contribution in [-0.2, 0) is 17.6 Å². The Kier molecular flexibility index (Phi) is 9.71. The first-order valence-electron chi connectivity index (χ1n) is 10.4. The first-order valence-corrected chi connectivity index (χ1v) is 10.4. The molecular formula is C20H35Cl2N5O. The Hall–Kier alpha value is -0.660. The highest BCUT2D eigenvalue weighted by Gasteiger charge is 2.27. The number of anilines is 1. The van der Waals surface area contributed by atoms with Gasteiger partial charge in [0.05, 0.1) is 12.3 Å². The second kappa shape index (κ2) is 11.5. The second-order valence-electron chi connectivity index (χ2n) is 7.88. The van der Waals surface area contributed by atoms with Gasteiger partial charge in [-0.1, -0.05) is 12.8 Å². The molecule has 1 N–H and O–H groups in total. The molecule has 0 spiro atoms. The van der Waals surface area contributed by atoms with E-state index in [1.54, 1.807) is 7.11 Å². The van der Waals surface area contributed by atoms with Crippen LogP contribution in [0.3, 0.4) is 0 Å². The van der Waals surface area contributed by atoms with Gasteiger partial charge in [0.1, 0.15) is 11.6 Å². The quantitative estimate of drug-likeness (QED) is 0.772. The Morgan fingerprint density at radius 1 is 1.00 bits per heavy atom. The number of hydrogen-bond donors (Lipinski definition) is 1. The van der Waals surface area contributed by atoms with Crippen LogP contribution in [-0.4, -0.2) is 74.4 Å². The largest absolute Gasteiger partial charge is 0.383 e. The summed E-state index contributed by atoms with van der Waals surface area (Å²) in [5.41, 5.74) is 2.71. The van der Waals surface area contributed by atoms with Crippen molar-refractivity contribution in [3.63, 3.8) is 0 Å². The van der Waals surface area contributed by atoms with Gasteiger partial charge in [-0.05, 0) is 25.8 Å². The van der Waals surface area contributed by atoms with Crippen LogP contribution in [0.4, 0.5) is 5.82 Å². The van der Waals surface area contributed by atoms with Crippen LogP contribution in [0.15, 0.2) is 0 Å². The van der Waals surface area contributed by atoms with Crippen LogP contribution in [0.2, 0.25) is 0 Å². The molecule has 0 atom stereocenters. The molecule has 0 unspecified atom stereocenters. The third kappa shape index (κ3) is 5.48. The van der Waals surface area contributed by atoms with Gasteiger partial charge in [-0.15, -0.1) is 24.8 Å². The summed E-state index contributed by atoms with van der Waals surface area (Å²) in [6.07, 6.45) is 7.29. The van der Waals surface area contributed by atoms with Gasteiger partial charge in [0.2, 0.25) is 0 Å². The smallest absolute Gasteiger partial charge is 0.135 e. The maximum Gasteiger partial charge on any atom is 0.135 e. The lowest BCUT2D eigenvalue weighted by Crippen LogP contribution is -2.48. The number of piperazine rings is 1. The highest BCUT2D eigenvalue weighted by atomic mass is 35.5. The molecule has 8 heteroatoms. The van der Waals surface area contributed by atoms with Gasteiger partial charge in [-0.25, -0.2) is 9.97 Å². The molecule has 0 aromatic carbocycles. The second-order valence-corrected chi connectivity index (χ2v) is 7.88. The summed E-state index contributed by atoms with van der Waals surface area (Å²) in [6, 6.07) is 0. The lowest BCUT2D eigenvalue weighted by atomic mass is 10.0. The van der Waals surface area contributed by atoms with E-state index in [-0.39, 0.29) is 24.8 Å². The van der Waals surface area contributed by atoms with E-state index in [0.717, 1.165) is 71.1 Å². The fraction of sp³-hybridized carbons (Fsp3) is 0.800. The molecule has 1 saturated carbocycles. The third-order valence-electron chi connectivity index (χ3n) is 6.18. The summed E-state index contributed by atoms with van der Waals surface area (Å²) in [7, 11) is 1.78. The fourth-order valence-corrected chi connectivity index (χ4v) is 4.58. The molecule has 2 fully saturated rings. The van der Waals surface area contributed by atoms with Crippen molar-refractivity contribution in [2.75, 3.05) is 64.4 Å². The van der Waals surface area contributed by atoms with Crippen molar-refractivity contribution in [3.8, 4) is 0 Å². The van der Waals surface area contributed by atoms with Crippen LogP contribution < -0.4 is 10.2 Å². The molecule has 28 heavy (non-hydrogen) atoms. The summed E-state index contributed by atoms with van der Waals surface area (Å²) in [5.74, 6) is 2.95. The van der Waals surface area contributed by atoms with Crippen LogP contribution in [0.25, 0.3) is 0 Å². The number of aromatic nitrogens is 2. The van der Waals surface area contributed by atoms with Gasteiger partial charge in [-0.2, -0.15) is 0 Å². The van der Waals surface area contributed by atoms with Gasteiger partial charge in [0.25, 0.3) is 0 Å². The summed E-state index contributed by atoms with van der Waals surface area (Å²) in [4.78, 5) is 15.2. The van der Waals surface area contributed by atoms with Crippen molar-refractivity contribution in [2.45, 2.75) is 44.4 Å². The third-order valence-corrected chi connectivity index (χ3v) is 6.18. The first kappa shape index (κ1) is 23.6. The minimum absolute atomic E-state index is 0. The van der Waals surface area contributed by atoms with E-state index in [2.05, 4.69) is 15.1 Å². The molecule has 0 bridgehead atoms. The Balaban J connectivity index is 0.00000140. The van der Waals surface area contributed by atoms with Gasteiger partial charge in [0.15, 0.2) is 0 Å². The van der Waals surface area contributed by atoms with Crippen LogP contribution >= 0.6 is 24.8 Å². The first-order chi connectivity index (χ1) is 12.8. The highest BCUT2D eigenvalue weighted by molar-refractivity contribution is 5.85. The molecule has 2 aliphatic heterocycles. The highest BCUT2D eigenvalue weighted by Crippen LogP contribution is 2.34. The van der Waals surface area contributed by atoms with E-state index < -0.39 is 0 Å². The Bertz CT molecular complexity index is 605. The van der Waals surface area contributed by atoms with Gasteiger partial charge in [-0.3, -0.25) is 4.90 Å². The van der Waals surface area contributed by atoms with Gasteiger partial charge >= 0.3 is 0 Å². The van der Waals surface area contributed by atoms with E-state index >= 15 is 0 Å². The average molecular weight is 432 g/mol. The number of halogens is 2. The van der Waals surface area contributed by atoms with Crippen molar-refractivity contribution in [1.29, 1.82) is 0 Å². The summed E-state index contributed by atoms with van der Waals surface area (Å²) in [5, 5.41) is 3.54. The van der Waals surface area contributed by atoms with Gasteiger partial charge in [0, 0.05) is 64.3 Å². The zero-order valence-electron chi connectivity index (χ0n) is 17.0. The number of rotatable bonds is 5. The minimum atomic E-state index is 0. The number of methoxy groups -OCH3 is 1. The molecule has 1 aliphatic carbocycles. The van der Waals surface area contributed by atoms with E-state index in [0.29, 0.717) is 5.92 Å². The number of hydrogen-bond acceptors (Lipinski definition) is 6. The van der Waals surface area contributed by atoms with Crippen molar-refractivity contribution in [2.24, 2.45) is 0 Å². The molecule has 1 saturated heterocycles. The van der Waals surface area contributed by atoms with Crippen molar-refractivity contribution >= 4 is 30.6 Å². The Labute approximate surface area is 181 Å². The average Bonchev–Trinajstić information content (AvgIpc) is 3.11. The molecule has 1 aromatic rings. The van der Waals surface area contributed by atoms with Crippen molar-refractivity contribution in [3.05, 3.63) is 17.1 Å². The maximum absolute atomic E-state index is 5.23. The normalized spacial score (nSPS) is 20.8. The zero-order valence-corrected chi connectivity index (χ0v) is 18.6. The molecule has 6 nitrogen and oxygen atoms in total. The summed E-state index contributed by atoms with van der Waals surface area (Å²) >= 11 is 0. The predicted molar refractivity (Wildman–Crippen MR) is 119 cm³/mol. The SMILES string of the molecule is COCCN1CCN(c2nc(C3CCCC3)nc3c2CCNCC3)CC1.Cl.Cl. The maximum atomic E-state index is 5.23. The van der Waals surface area contributed by atoms with E-state index in [4.69, 9.17) is 14.7 Å². The number of ether oxygens (including phenoxy) is 1. The van der Waals surface area contributed by atoms with Crippen LogP contribution in [0, 0.1) is 0 Å². The van der Waals surface area contributed by atoms with Crippen LogP contribution in [0.5, 0.6) is 0 Å². The van der Waals surface area contributed by atoms with Gasteiger partial charge < -0.3 is 15.0 Å². The number of fused-ring (bicyclic) bond motifs is 1. The fourth-order valence-electron chi connectivity index (χ4n) is 4.58. The standard InChI is InChI=1S/C20H33N5O.2ClH/c1-26-15-14-24-10-12-25(13-11-24)20-17-6-8-21-9-7-18(17)22-19(23-20)16-4-2-3-5-16;;/h16,21H,2-15H2,1H3;2*1H. The lowest BCUT2D eigenvalue weighted by molar-refractivity contribution is 0.144. The molecule has 3 aliphatic rings. The zero-order chi connectivity index (χ0) is 17.8. The van der Waals surface area contributed by atoms with Crippen LogP contribution in [0.1, 0.15) is 48.7 Å². The van der Waals surface area contributed by atoms with E-state index in [1.807, 2.05) is 0 Å². The number of nitrogens with zero attached hydrogens (tertiary/aromatic N) is 4. The van der Waals surface area contributed by atoms with E-state index in [1.165, 1.54) is 42.8 Å².